The molecule has 1 N–H and O–H groups in total. The molecule has 102 valence electrons. The van der Waals surface area contributed by atoms with E-state index in [1.165, 1.54) is 0 Å². The van der Waals surface area contributed by atoms with Gasteiger partial charge in [0.25, 0.3) is 0 Å². The SMILES string of the molecule is Cc1cnc(CNCc2cccc(OCC#N)c2)cn1. The van der Waals surface area contributed by atoms with E-state index in [0.29, 0.717) is 18.8 Å². The van der Waals surface area contributed by atoms with Crippen molar-refractivity contribution >= 4 is 0 Å². The number of nitrogens with one attached hydrogen (secondary N) is 1. The average molecular weight is 268 g/mol. The highest BCUT2D eigenvalue weighted by Gasteiger charge is 1.98. The second-order valence-electron chi connectivity index (χ2n) is 4.35. The van der Waals surface area contributed by atoms with Gasteiger partial charge in [-0.1, -0.05) is 12.1 Å². The lowest BCUT2D eigenvalue weighted by molar-refractivity contribution is 0.367. The van der Waals surface area contributed by atoms with Gasteiger partial charge in [0, 0.05) is 25.5 Å². The maximum Gasteiger partial charge on any atom is 0.174 e. The molecule has 0 spiro atoms. The Balaban J connectivity index is 1.84. The Morgan fingerprint density at radius 1 is 1.25 bits per heavy atom. The van der Waals surface area contributed by atoms with Gasteiger partial charge in [0.05, 0.1) is 11.4 Å². The summed E-state index contributed by atoms with van der Waals surface area (Å²) in [7, 11) is 0. The monoisotopic (exact) mass is 268 g/mol. The van der Waals surface area contributed by atoms with Gasteiger partial charge in [0.15, 0.2) is 6.61 Å². The summed E-state index contributed by atoms with van der Waals surface area (Å²) < 4.78 is 5.26. The summed E-state index contributed by atoms with van der Waals surface area (Å²) in [5.41, 5.74) is 2.92. The summed E-state index contributed by atoms with van der Waals surface area (Å²) >= 11 is 0. The lowest BCUT2D eigenvalue weighted by Crippen LogP contribution is -2.14. The maximum absolute atomic E-state index is 8.48. The van der Waals surface area contributed by atoms with Crippen LogP contribution in [0.2, 0.25) is 0 Å². The van der Waals surface area contributed by atoms with Crippen molar-refractivity contribution in [3.63, 3.8) is 0 Å². The maximum atomic E-state index is 8.48. The van der Waals surface area contributed by atoms with E-state index in [1.54, 1.807) is 12.4 Å². The molecule has 0 aliphatic carbocycles. The fourth-order valence-electron chi connectivity index (χ4n) is 1.71. The Kier molecular flexibility index (Phi) is 5.04. The molecule has 2 aromatic rings. The van der Waals surface area contributed by atoms with Crippen LogP contribution in [0.3, 0.4) is 0 Å². The molecule has 0 aliphatic rings. The van der Waals surface area contributed by atoms with Crippen LogP contribution in [0, 0.1) is 18.3 Å². The second kappa shape index (κ2) is 7.22. The lowest BCUT2D eigenvalue weighted by Gasteiger charge is -2.07. The number of hydrogen-bond acceptors (Lipinski definition) is 5. The molecule has 1 aromatic carbocycles. The number of benzene rings is 1. The van der Waals surface area contributed by atoms with E-state index >= 15 is 0 Å². The number of rotatable bonds is 6. The number of aromatic nitrogens is 2. The molecule has 2 rings (SSSR count). The van der Waals surface area contributed by atoms with Crippen molar-refractivity contribution in [1.29, 1.82) is 5.26 Å². The van der Waals surface area contributed by atoms with Gasteiger partial charge in [0.1, 0.15) is 11.8 Å². The van der Waals surface area contributed by atoms with Gasteiger partial charge in [-0.25, -0.2) is 0 Å². The first-order valence-corrected chi connectivity index (χ1v) is 6.35. The third-order valence-electron chi connectivity index (χ3n) is 2.67. The van der Waals surface area contributed by atoms with Gasteiger partial charge in [-0.05, 0) is 24.6 Å². The number of nitriles is 1. The zero-order valence-electron chi connectivity index (χ0n) is 11.3. The molecule has 5 heteroatoms. The summed E-state index contributed by atoms with van der Waals surface area (Å²) in [5, 5.41) is 11.8. The molecule has 1 heterocycles. The van der Waals surface area contributed by atoms with Gasteiger partial charge in [-0.2, -0.15) is 5.26 Å². The van der Waals surface area contributed by atoms with E-state index in [4.69, 9.17) is 10.00 Å². The molecule has 0 fully saturated rings. The predicted molar refractivity (Wildman–Crippen MR) is 74.9 cm³/mol. The van der Waals surface area contributed by atoms with E-state index in [2.05, 4.69) is 15.3 Å². The normalized spacial score (nSPS) is 10.0. The molecule has 0 saturated carbocycles. The van der Waals surface area contributed by atoms with E-state index < -0.39 is 0 Å². The van der Waals surface area contributed by atoms with Gasteiger partial charge in [-0.3, -0.25) is 9.97 Å². The number of nitrogens with zero attached hydrogens (tertiary/aromatic N) is 3. The van der Waals surface area contributed by atoms with E-state index in [0.717, 1.165) is 17.0 Å². The molecule has 0 atom stereocenters. The molecule has 0 bridgehead atoms. The number of hydrogen-bond donors (Lipinski definition) is 1. The Morgan fingerprint density at radius 3 is 2.90 bits per heavy atom. The predicted octanol–water partition coefficient (Wildman–Crippen LogP) is 1.98. The molecule has 1 aromatic heterocycles. The smallest absolute Gasteiger partial charge is 0.174 e. The Morgan fingerprint density at radius 2 is 2.15 bits per heavy atom. The summed E-state index contributed by atoms with van der Waals surface area (Å²) in [6.07, 6.45) is 3.53. The third kappa shape index (κ3) is 4.34. The minimum atomic E-state index is 0.0653. The van der Waals surface area contributed by atoms with Crippen LogP contribution >= 0.6 is 0 Å². The topological polar surface area (TPSA) is 70.8 Å². The number of ether oxygens (including phenoxy) is 1. The van der Waals surface area contributed by atoms with Crippen molar-refractivity contribution in [3.05, 3.63) is 53.6 Å². The van der Waals surface area contributed by atoms with Crippen LogP contribution in [-0.4, -0.2) is 16.6 Å². The van der Waals surface area contributed by atoms with Crippen LogP contribution < -0.4 is 10.1 Å². The van der Waals surface area contributed by atoms with Crippen LogP contribution in [-0.2, 0) is 13.1 Å². The van der Waals surface area contributed by atoms with Crippen LogP contribution in [0.4, 0.5) is 0 Å². The molecule has 0 amide bonds. The second-order valence-corrected chi connectivity index (χ2v) is 4.35. The molecule has 5 nitrogen and oxygen atoms in total. The fourth-order valence-corrected chi connectivity index (χ4v) is 1.71. The molecule has 0 saturated heterocycles. The molecule has 20 heavy (non-hydrogen) atoms. The molecule has 0 radical (unpaired) electrons. The van der Waals surface area contributed by atoms with Gasteiger partial charge < -0.3 is 10.1 Å². The highest BCUT2D eigenvalue weighted by atomic mass is 16.5. The van der Waals surface area contributed by atoms with Gasteiger partial charge in [-0.15, -0.1) is 0 Å². The standard InChI is InChI=1S/C15H16N4O/c1-12-8-19-14(11-18-12)10-17-9-13-3-2-4-15(7-13)20-6-5-16/h2-4,7-8,11,17H,6,9-10H2,1H3. The van der Waals surface area contributed by atoms with Crippen LogP contribution in [0.5, 0.6) is 5.75 Å². The van der Waals surface area contributed by atoms with Crippen LogP contribution in [0.25, 0.3) is 0 Å². The van der Waals surface area contributed by atoms with Crippen molar-refractivity contribution in [3.8, 4) is 11.8 Å². The molecular weight excluding hydrogens is 252 g/mol. The lowest BCUT2D eigenvalue weighted by atomic mass is 10.2. The largest absolute Gasteiger partial charge is 0.479 e. The molecule has 0 aliphatic heterocycles. The molecular formula is C15H16N4O. The Labute approximate surface area is 118 Å². The van der Waals surface area contributed by atoms with Gasteiger partial charge in [0.2, 0.25) is 0 Å². The zero-order chi connectivity index (χ0) is 14.2. The third-order valence-corrected chi connectivity index (χ3v) is 2.67. The van der Waals surface area contributed by atoms with E-state index in [-0.39, 0.29) is 6.61 Å². The quantitative estimate of drug-likeness (QED) is 0.867. The summed E-state index contributed by atoms with van der Waals surface area (Å²) in [6.45, 7) is 3.35. The zero-order valence-corrected chi connectivity index (χ0v) is 11.3. The Bertz CT molecular complexity index is 590. The summed E-state index contributed by atoms with van der Waals surface area (Å²) in [6, 6.07) is 9.63. The van der Waals surface area contributed by atoms with Crippen molar-refractivity contribution in [2.45, 2.75) is 20.0 Å². The summed E-state index contributed by atoms with van der Waals surface area (Å²) in [4.78, 5) is 8.48. The minimum Gasteiger partial charge on any atom is -0.479 e. The number of aryl methyl sites for hydroxylation is 1. The van der Waals surface area contributed by atoms with Crippen molar-refractivity contribution < 1.29 is 4.74 Å². The van der Waals surface area contributed by atoms with Gasteiger partial charge >= 0.3 is 0 Å². The van der Waals surface area contributed by atoms with Crippen molar-refractivity contribution in [2.75, 3.05) is 6.61 Å². The van der Waals surface area contributed by atoms with E-state index in [9.17, 15) is 0 Å². The average Bonchev–Trinajstić information content (AvgIpc) is 2.48. The molecule has 0 unspecified atom stereocenters. The van der Waals surface area contributed by atoms with Crippen LogP contribution in [0.15, 0.2) is 36.7 Å². The van der Waals surface area contributed by atoms with Crippen molar-refractivity contribution in [2.24, 2.45) is 0 Å². The first-order chi connectivity index (χ1) is 9.78. The van der Waals surface area contributed by atoms with Crippen molar-refractivity contribution in [1.82, 2.24) is 15.3 Å². The first kappa shape index (κ1) is 14.0. The summed E-state index contributed by atoms with van der Waals surface area (Å²) in [5.74, 6) is 0.709. The first-order valence-electron chi connectivity index (χ1n) is 6.35. The fraction of sp³-hybridized carbons (Fsp3) is 0.267. The highest BCUT2D eigenvalue weighted by molar-refractivity contribution is 5.28. The van der Waals surface area contributed by atoms with E-state index in [1.807, 2.05) is 37.3 Å². The van der Waals surface area contributed by atoms with Crippen LogP contribution in [0.1, 0.15) is 17.0 Å². The Hall–Kier alpha value is -2.45. The minimum absolute atomic E-state index is 0.0653. The highest BCUT2D eigenvalue weighted by Crippen LogP contribution is 2.13.